The molecule has 1 atom stereocenters. The van der Waals surface area contributed by atoms with Crippen LogP contribution in [0.5, 0.6) is 0 Å². The van der Waals surface area contributed by atoms with Crippen LogP contribution in [0.1, 0.15) is 17.3 Å². The fraction of sp³-hybridized carbons (Fsp3) is 0.0588. The van der Waals surface area contributed by atoms with Crippen molar-refractivity contribution in [1.82, 2.24) is 9.97 Å². The molecule has 1 unspecified atom stereocenters. The van der Waals surface area contributed by atoms with Crippen LogP contribution in [0.2, 0.25) is 5.15 Å². The summed E-state index contributed by atoms with van der Waals surface area (Å²) in [6, 6.07) is 19.7. The number of anilines is 1. The topological polar surface area (TPSA) is 37.8 Å². The molecular weight excluding hydrogens is 282 g/mol. The highest BCUT2D eigenvalue weighted by atomic mass is 35.5. The van der Waals surface area contributed by atoms with Crippen molar-refractivity contribution in [3.63, 3.8) is 0 Å². The van der Waals surface area contributed by atoms with E-state index >= 15 is 0 Å². The molecule has 2 aromatic heterocycles. The zero-order valence-corrected chi connectivity index (χ0v) is 12.0. The molecule has 1 aromatic carbocycles. The van der Waals surface area contributed by atoms with Crippen LogP contribution in [0.3, 0.4) is 0 Å². The largest absolute Gasteiger partial charge is 0.370 e. The van der Waals surface area contributed by atoms with Gasteiger partial charge in [0.05, 0.1) is 17.4 Å². The highest BCUT2D eigenvalue weighted by Crippen LogP contribution is 2.28. The third kappa shape index (κ3) is 3.20. The maximum Gasteiger partial charge on any atom is 0.152 e. The number of nitrogens with zero attached hydrogens (tertiary/aromatic N) is 2. The van der Waals surface area contributed by atoms with Crippen LogP contribution in [-0.2, 0) is 0 Å². The summed E-state index contributed by atoms with van der Waals surface area (Å²) in [5.41, 5.74) is 2.85. The van der Waals surface area contributed by atoms with Crippen molar-refractivity contribution >= 4 is 17.3 Å². The molecule has 0 radical (unpaired) electrons. The second-order valence-corrected chi connectivity index (χ2v) is 4.94. The molecule has 0 saturated carbocycles. The molecule has 0 saturated heterocycles. The van der Waals surface area contributed by atoms with Crippen molar-refractivity contribution in [3.05, 3.63) is 89.5 Å². The van der Waals surface area contributed by atoms with Crippen LogP contribution in [0.4, 0.5) is 5.69 Å². The monoisotopic (exact) mass is 295 g/mol. The molecule has 0 spiro atoms. The van der Waals surface area contributed by atoms with Gasteiger partial charge in [0, 0.05) is 12.4 Å². The first kappa shape index (κ1) is 13.6. The van der Waals surface area contributed by atoms with Crippen LogP contribution in [0, 0.1) is 0 Å². The van der Waals surface area contributed by atoms with Crippen molar-refractivity contribution in [3.8, 4) is 0 Å². The Kier molecular flexibility index (Phi) is 4.12. The van der Waals surface area contributed by atoms with E-state index in [9.17, 15) is 0 Å². The van der Waals surface area contributed by atoms with E-state index in [-0.39, 0.29) is 6.04 Å². The minimum absolute atomic E-state index is 0.0749. The van der Waals surface area contributed by atoms with Gasteiger partial charge in [-0.15, -0.1) is 0 Å². The zero-order valence-electron chi connectivity index (χ0n) is 11.3. The van der Waals surface area contributed by atoms with Gasteiger partial charge in [0.15, 0.2) is 5.15 Å². The fourth-order valence-electron chi connectivity index (χ4n) is 2.17. The summed E-state index contributed by atoms with van der Waals surface area (Å²) in [6.45, 7) is 0. The van der Waals surface area contributed by atoms with E-state index in [1.807, 2.05) is 48.5 Å². The third-order valence-electron chi connectivity index (χ3n) is 3.18. The minimum Gasteiger partial charge on any atom is -0.370 e. The van der Waals surface area contributed by atoms with Crippen molar-refractivity contribution < 1.29 is 0 Å². The number of pyridine rings is 2. The maximum absolute atomic E-state index is 6.15. The molecule has 0 aliphatic rings. The van der Waals surface area contributed by atoms with Gasteiger partial charge >= 0.3 is 0 Å². The van der Waals surface area contributed by atoms with E-state index in [0.29, 0.717) is 5.15 Å². The molecule has 0 aliphatic heterocycles. The Hall–Kier alpha value is -2.39. The van der Waals surface area contributed by atoms with Crippen molar-refractivity contribution in [1.29, 1.82) is 0 Å². The Morgan fingerprint density at radius 1 is 0.810 bits per heavy atom. The van der Waals surface area contributed by atoms with E-state index in [1.54, 1.807) is 12.4 Å². The summed E-state index contributed by atoms with van der Waals surface area (Å²) in [6.07, 6.45) is 3.46. The first-order chi connectivity index (χ1) is 10.3. The lowest BCUT2D eigenvalue weighted by Gasteiger charge is -2.20. The van der Waals surface area contributed by atoms with Crippen molar-refractivity contribution in [2.45, 2.75) is 6.04 Å². The van der Waals surface area contributed by atoms with Gasteiger partial charge in [-0.25, -0.2) is 4.98 Å². The SMILES string of the molecule is Clc1ncccc1NC(c1ccccc1)c1ccccn1. The number of halogens is 1. The maximum atomic E-state index is 6.15. The predicted octanol–water partition coefficient (Wildman–Crippen LogP) is 4.33. The summed E-state index contributed by atoms with van der Waals surface area (Å²) >= 11 is 6.15. The van der Waals surface area contributed by atoms with Crippen LogP contribution in [0.15, 0.2) is 73.1 Å². The Morgan fingerprint density at radius 2 is 1.57 bits per heavy atom. The molecule has 1 N–H and O–H groups in total. The highest BCUT2D eigenvalue weighted by molar-refractivity contribution is 6.31. The molecule has 0 bridgehead atoms. The van der Waals surface area contributed by atoms with E-state index in [2.05, 4.69) is 27.4 Å². The van der Waals surface area contributed by atoms with Crippen molar-refractivity contribution in [2.75, 3.05) is 5.32 Å². The van der Waals surface area contributed by atoms with Crippen LogP contribution >= 0.6 is 11.6 Å². The number of hydrogen-bond donors (Lipinski definition) is 1. The average Bonchev–Trinajstić information content (AvgIpc) is 2.56. The van der Waals surface area contributed by atoms with Gasteiger partial charge in [-0.05, 0) is 29.8 Å². The fourth-order valence-corrected chi connectivity index (χ4v) is 2.34. The van der Waals surface area contributed by atoms with E-state index in [1.165, 1.54) is 0 Å². The normalized spacial score (nSPS) is 11.9. The van der Waals surface area contributed by atoms with Gasteiger partial charge < -0.3 is 5.32 Å². The number of rotatable bonds is 4. The number of aromatic nitrogens is 2. The summed E-state index contributed by atoms with van der Waals surface area (Å²) < 4.78 is 0. The molecule has 0 fully saturated rings. The van der Waals surface area contributed by atoms with Gasteiger partial charge in [-0.3, -0.25) is 4.98 Å². The number of nitrogens with one attached hydrogen (secondary N) is 1. The molecular formula is C17H14ClN3. The molecule has 3 aromatic rings. The smallest absolute Gasteiger partial charge is 0.152 e. The summed E-state index contributed by atoms with van der Waals surface area (Å²) in [4.78, 5) is 8.56. The van der Waals surface area contributed by atoms with Crippen molar-refractivity contribution in [2.24, 2.45) is 0 Å². The Balaban J connectivity index is 1.99. The molecule has 0 aliphatic carbocycles. The molecule has 3 nitrogen and oxygen atoms in total. The average molecular weight is 296 g/mol. The Morgan fingerprint density at radius 3 is 2.29 bits per heavy atom. The molecule has 104 valence electrons. The summed E-state index contributed by atoms with van der Waals surface area (Å²) in [5.74, 6) is 0. The second-order valence-electron chi connectivity index (χ2n) is 4.58. The molecule has 4 heteroatoms. The zero-order chi connectivity index (χ0) is 14.5. The van der Waals surface area contributed by atoms with Gasteiger partial charge in [0.1, 0.15) is 0 Å². The third-order valence-corrected chi connectivity index (χ3v) is 3.48. The Labute approximate surface area is 128 Å². The quantitative estimate of drug-likeness (QED) is 0.728. The molecule has 21 heavy (non-hydrogen) atoms. The van der Waals surface area contributed by atoms with Gasteiger partial charge in [-0.2, -0.15) is 0 Å². The number of benzene rings is 1. The van der Waals surface area contributed by atoms with Crippen LogP contribution in [-0.4, -0.2) is 9.97 Å². The Bertz CT molecular complexity index is 662. The summed E-state index contributed by atoms with van der Waals surface area (Å²) in [5, 5.41) is 3.88. The van der Waals surface area contributed by atoms with Gasteiger partial charge in [-0.1, -0.05) is 48.0 Å². The van der Waals surface area contributed by atoms with E-state index in [4.69, 9.17) is 11.6 Å². The van der Waals surface area contributed by atoms with Gasteiger partial charge in [0.25, 0.3) is 0 Å². The van der Waals surface area contributed by atoms with E-state index < -0.39 is 0 Å². The predicted molar refractivity (Wildman–Crippen MR) is 85.4 cm³/mol. The molecule has 0 amide bonds. The van der Waals surface area contributed by atoms with Crippen LogP contribution < -0.4 is 5.32 Å². The lowest BCUT2D eigenvalue weighted by atomic mass is 10.0. The lowest BCUT2D eigenvalue weighted by molar-refractivity contribution is 0.885. The first-order valence-corrected chi connectivity index (χ1v) is 7.05. The number of hydrogen-bond acceptors (Lipinski definition) is 3. The molecule has 3 rings (SSSR count). The molecule has 2 heterocycles. The summed E-state index contributed by atoms with van der Waals surface area (Å²) in [7, 11) is 0. The lowest BCUT2D eigenvalue weighted by Crippen LogP contribution is -2.14. The van der Waals surface area contributed by atoms with E-state index in [0.717, 1.165) is 16.9 Å². The van der Waals surface area contributed by atoms with Crippen LogP contribution in [0.25, 0.3) is 0 Å². The second kappa shape index (κ2) is 6.37. The minimum atomic E-state index is -0.0749. The standard InChI is InChI=1S/C17H14ClN3/c18-17-15(10-6-12-20-17)21-16(13-7-2-1-3-8-13)14-9-4-5-11-19-14/h1-12,16,21H. The first-order valence-electron chi connectivity index (χ1n) is 6.67. The van der Waals surface area contributed by atoms with Gasteiger partial charge in [0.2, 0.25) is 0 Å². The highest BCUT2D eigenvalue weighted by Gasteiger charge is 2.16.